The van der Waals surface area contributed by atoms with Crippen LogP contribution in [0.25, 0.3) is 16.6 Å². The lowest BCUT2D eigenvalue weighted by atomic mass is 9.88. The van der Waals surface area contributed by atoms with Gasteiger partial charge in [-0.1, -0.05) is 81.3 Å². The molecule has 0 radical (unpaired) electrons. The van der Waals surface area contributed by atoms with E-state index in [1.165, 1.54) is 6.42 Å². The van der Waals surface area contributed by atoms with Crippen molar-refractivity contribution in [2.45, 2.75) is 77.7 Å². The highest BCUT2D eigenvalue weighted by molar-refractivity contribution is 6.32. The van der Waals surface area contributed by atoms with Crippen LogP contribution in [0.3, 0.4) is 0 Å². The molecule has 0 N–H and O–H groups in total. The van der Waals surface area contributed by atoms with Crippen LogP contribution in [0.1, 0.15) is 83.5 Å². The quantitative estimate of drug-likeness (QED) is 0.299. The Morgan fingerprint density at radius 3 is 2.51 bits per heavy atom. The zero-order chi connectivity index (χ0) is 24.8. The Balaban J connectivity index is 1.81. The highest BCUT2D eigenvalue weighted by Gasteiger charge is 2.32. The monoisotopic (exact) mass is 493 g/mol. The molecule has 1 aromatic heterocycles. The number of amides is 1. The number of unbranched alkanes of at least 4 members (excludes halogenated alkanes) is 3. The molecule has 1 saturated carbocycles. The summed E-state index contributed by atoms with van der Waals surface area (Å²) in [4.78, 5) is 34.5. The molecule has 0 saturated heterocycles. The number of aromatic nitrogens is 2. The molecule has 4 rings (SSSR count). The molecule has 1 aliphatic rings. The fraction of sp³-hybridized carbons (Fsp3) is 0.483. The molecule has 1 unspecified atom stereocenters. The Hall–Kier alpha value is -2.66. The smallest absolute Gasteiger partial charge is 0.266 e. The lowest BCUT2D eigenvalue weighted by molar-refractivity contribution is -0.139. The Morgan fingerprint density at radius 2 is 1.77 bits per heavy atom. The molecule has 1 aliphatic carbocycles. The van der Waals surface area contributed by atoms with Gasteiger partial charge in [-0.2, -0.15) is 0 Å². The molecule has 1 fully saturated rings. The van der Waals surface area contributed by atoms with Gasteiger partial charge >= 0.3 is 0 Å². The average molecular weight is 494 g/mol. The number of para-hydroxylation sites is 2. The third-order valence-corrected chi connectivity index (χ3v) is 7.55. The molecule has 1 atom stereocenters. The van der Waals surface area contributed by atoms with Gasteiger partial charge in [0.05, 0.1) is 27.7 Å². The summed E-state index contributed by atoms with van der Waals surface area (Å²) in [6.07, 6.45) is 9.62. The van der Waals surface area contributed by atoms with E-state index in [4.69, 9.17) is 16.6 Å². The van der Waals surface area contributed by atoms with Crippen LogP contribution in [0.5, 0.6) is 0 Å². The van der Waals surface area contributed by atoms with Crippen molar-refractivity contribution >= 4 is 28.4 Å². The third kappa shape index (κ3) is 5.61. The SMILES string of the molecule is CCCCCCN(C(=O)C1CCCCC1)C(C)c1nc2ccccc2c(=O)n1-c1ccccc1Cl. The standard InChI is InChI=1S/C29H36ClN3O2/c1-3-4-5-13-20-32(28(34)22-14-7-6-8-15-22)21(2)27-31-25-18-11-9-16-23(25)29(35)33(27)26-19-12-10-17-24(26)30/h9-12,16-19,21-22H,3-8,13-15,20H2,1-2H3. The van der Waals surface area contributed by atoms with Gasteiger partial charge in [0.2, 0.25) is 5.91 Å². The van der Waals surface area contributed by atoms with E-state index in [9.17, 15) is 9.59 Å². The van der Waals surface area contributed by atoms with Gasteiger partial charge in [-0.25, -0.2) is 4.98 Å². The van der Waals surface area contributed by atoms with Gasteiger partial charge in [0, 0.05) is 12.5 Å². The minimum Gasteiger partial charge on any atom is -0.333 e. The maximum absolute atomic E-state index is 13.8. The number of rotatable bonds is 9. The molecule has 1 heterocycles. The molecular formula is C29H36ClN3O2. The number of hydrogen-bond donors (Lipinski definition) is 0. The van der Waals surface area contributed by atoms with Gasteiger partial charge < -0.3 is 4.90 Å². The molecule has 3 aromatic rings. The molecule has 5 nitrogen and oxygen atoms in total. The normalized spacial score (nSPS) is 15.3. The first kappa shape index (κ1) is 25.4. The highest BCUT2D eigenvalue weighted by atomic mass is 35.5. The Bertz CT molecular complexity index is 1220. The van der Waals surface area contributed by atoms with Crippen molar-refractivity contribution in [1.29, 1.82) is 0 Å². The van der Waals surface area contributed by atoms with Crippen molar-refractivity contribution in [2.24, 2.45) is 5.92 Å². The van der Waals surface area contributed by atoms with Gasteiger partial charge in [0.1, 0.15) is 5.82 Å². The fourth-order valence-electron chi connectivity index (χ4n) is 5.22. The van der Waals surface area contributed by atoms with Gasteiger partial charge in [-0.05, 0) is 50.5 Å². The molecule has 0 aliphatic heterocycles. The number of carbonyl (C=O) groups is 1. The predicted octanol–water partition coefficient (Wildman–Crippen LogP) is 7.09. The van der Waals surface area contributed by atoms with E-state index in [0.717, 1.165) is 51.4 Å². The first-order chi connectivity index (χ1) is 17.0. The lowest BCUT2D eigenvalue weighted by Crippen LogP contribution is -2.41. The molecule has 186 valence electrons. The van der Waals surface area contributed by atoms with E-state index in [2.05, 4.69) is 6.92 Å². The first-order valence-electron chi connectivity index (χ1n) is 13.1. The highest BCUT2D eigenvalue weighted by Crippen LogP contribution is 2.31. The Kier molecular flexibility index (Phi) is 8.61. The molecule has 6 heteroatoms. The van der Waals surface area contributed by atoms with E-state index in [1.54, 1.807) is 16.7 Å². The van der Waals surface area contributed by atoms with E-state index in [-0.39, 0.29) is 23.4 Å². The van der Waals surface area contributed by atoms with Crippen LogP contribution in [0.15, 0.2) is 53.3 Å². The summed E-state index contributed by atoms with van der Waals surface area (Å²) in [6.45, 7) is 4.86. The number of nitrogens with zero attached hydrogens (tertiary/aromatic N) is 3. The summed E-state index contributed by atoms with van der Waals surface area (Å²) in [5.41, 5.74) is 1.07. The van der Waals surface area contributed by atoms with Crippen LogP contribution >= 0.6 is 11.6 Å². The van der Waals surface area contributed by atoms with Gasteiger partial charge in [0.15, 0.2) is 0 Å². The largest absolute Gasteiger partial charge is 0.333 e. The van der Waals surface area contributed by atoms with Crippen LogP contribution < -0.4 is 5.56 Å². The Morgan fingerprint density at radius 1 is 1.06 bits per heavy atom. The fourth-order valence-corrected chi connectivity index (χ4v) is 5.44. The molecule has 2 aromatic carbocycles. The summed E-state index contributed by atoms with van der Waals surface area (Å²) in [5.74, 6) is 0.807. The molecule has 0 spiro atoms. The third-order valence-electron chi connectivity index (χ3n) is 7.23. The number of carbonyl (C=O) groups excluding carboxylic acids is 1. The predicted molar refractivity (Wildman–Crippen MR) is 143 cm³/mol. The van der Waals surface area contributed by atoms with Crippen molar-refractivity contribution in [1.82, 2.24) is 14.5 Å². The Labute approximate surface area is 213 Å². The van der Waals surface area contributed by atoms with Crippen molar-refractivity contribution in [3.8, 4) is 5.69 Å². The van der Waals surface area contributed by atoms with Gasteiger partial charge in [-0.15, -0.1) is 0 Å². The number of fused-ring (bicyclic) bond motifs is 1. The van der Waals surface area contributed by atoms with Crippen LogP contribution in [-0.2, 0) is 4.79 Å². The summed E-state index contributed by atoms with van der Waals surface area (Å²) in [7, 11) is 0. The summed E-state index contributed by atoms with van der Waals surface area (Å²) < 4.78 is 1.61. The van der Waals surface area contributed by atoms with E-state index < -0.39 is 0 Å². The molecule has 1 amide bonds. The summed E-state index contributed by atoms with van der Waals surface area (Å²) in [6, 6.07) is 14.4. The van der Waals surface area contributed by atoms with Gasteiger partial charge in [0.25, 0.3) is 5.56 Å². The summed E-state index contributed by atoms with van der Waals surface area (Å²) in [5, 5.41) is 1.02. The van der Waals surface area contributed by atoms with Crippen LogP contribution in [0.4, 0.5) is 0 Å². The molecule has 35 heavy (non-hydrogen) atoms. The maximum atomic E-state index is 13.8. The van der Waals surface area contributed by atoms with E-state index in [0.29, 0.717) is 34.0 Å². The zero-order valence-electron chi connectivity index (χ0n) is 20.9. The zero-order valence-corrected chi connectivity index (χ0v) is 21.6. The first-order valence-corrected chi connectivity index (χ1v) is 13.5. The maximum Gasteiger partial charge on any atom is 0.266 e. The topological polar surface area (TPSA) is 55.2 Å². The second kappa shape index (κ2) is 11.9. The van der Waals surface area contributed by atoms with Crippen molar-refractivity contribution < 1.29 is 4.79 Å². The van der Waals surface area contributed by atoms with Crippen molar-refractivity contribution in [2.75, 3.05) is 6.54 Å². The van der Waals surface area contributed by atoms with Crippen molar-refractivity contribution in [3.63, 3.8) is 0 Å². The second-order valence-electron chi connectivity index (χ2n) is 9.68. The molecular weight excluding hydrogens is 458 g/mol. The van der Waals surface area contributed by atoms with E-state index >= 15 is 0 Å². The minimum atomic E-state index is -0.361. The second-order valence-corrected chi connectivity index (χ2v) is 10.1. The van der Waals surface area contributed by atoms with Crippen LogP contribution in [0, 0.1) is 5.92 Å². The van der Waals surface area contributed by atoms with Gasteiger partial charge in [-0.3, -0.25) is 14.2 Å². The number of halogens is 1. The minimum absolute atomic E-state index is 0.0540. The number of hydrogen-bond acceptors (Lipinski definition) is 3. The van der Waals surface area contributed by atoms with Crippen molar-refractivity contribution in [3.05, 3.63) is 69.7 Å². The van der Waals surface area contributed by atoms with Crippen LogP contribution in [-0.4, -0.2) is 26.9 Å². The summed E-state index contributed by atoms with van der Waals surface area (Å²) >= 11 is 6.57. The van der Waals surface area contributed by atoms with Crippen LogP contribution in [0.2, 0.25) is 5.02 Å². The molecule has 0 bridgehead atoms. The lowest BCUT2D eigenvalue weighted by Gasteiger charge is -2.34. The number of benzene rings is 2. The van der Waals surface area contributed by atoms with E-state index in [1.807, 2.05) is 48.2 Å². The average Bonchev–Trinajstić information content (AvgIpc) is 2.89.